The van der Waals surface area contributed by atoms with Crippen molar-refractivity contribution in [1.29, 1.82) is 0 Å². The van der Waals surface area contributed by atoms with Gasteiger partial charge in [0.2, 0.25) is 0 Å². The molecule has 35 heavy (non-hydrogen) atoms. The topological polar surface area (TPSA) is 102 Å². The average Bonchev–Trinajstić information content (AvgIpc) is 2.82. The van der Waals surface area contributed by atoms with Crippen molar-refractivity contribution in [3.05, 3.63) is 86.8 Å². The van der Waals surface area contributed by atoms with Crippen molar-refractivity contribution in [2.45, 2.75) is 39.9 Å². The minimum absolute atomic E-state index is 0.0377. The van der Waals surface area contributed by atoms with E-state index in [1.165, 1.54) is 12.1 Å². The standard InChI is InChI=1S/C25H25ClFN5O3/c1-14-11-30-19(18-7-8-28-24(31-18)25(3,4)34)10-20(14)32-15(2)9-21(22(26)23(32)33)35-13-17-6-5-16(27)12-29-17/h5-10,12,14,34H,11,13H2,1-4H3/t14-/m1/s1. The normalized spacial score (nSPS) is 16.0. The molecule has 10 heteroatoms. The molecule has 1 aliphatic rings. The van der Waals surface area contributed by atoms with Crippen molar-refractivity contribution in [2.24, 2.45) is 10.9 Å². The van der Waals surface area contributed by atoms with Gasteiger partial charge in [-0.2, -0.15) is 0 Å². The predicted molar refractivity (Wildman–Crippen MR) is 131 cm³/mol. The van der Waals surface area contributed by atoms with E-state index in [9.17, 15) is 14.3 Å². The van der Waals surface area contributed by atoms with Gasteiger partial charge in [-0.15, -0.1) is 0 Å². The van der Waals surface area contributed by atoms with Crippen molar-refractivity contribution < 1.29 is 14.2 Å². The number of pyridine rings is 2. The molecule has 0 spiro atoms. The maximum Gasteiger partial charge on any atom is 0.277 e. The molecule has 0 bridgehead atoms. The summed E-state index contributed by atoms with van der Waals surface area (Å²) in [6.07, 6.45) is 4.47. The van der Waals surface area contributed by atoms with E-state index in [0.717, 1.165) is 11.9 Å². The number of aromatic nitrogens is 4. The molecule has 0 saturated heterocycles. The molecule has 3 aromatic rings. The van der Waals surface area contributed by atoms with Crippen molar-refractivity contribution >= 4 is 23.0 Å². The van der Waals surface area contributed by atoms with Crippen molar-refractivity contribution in [1.82, 2.24) is 19.5 Å². The highest BCUT2D eigenvalue weighted by Gasteiger charge is 2.25. The van der Waals surface area contributed by atoms with Gasteiger partial charge in [0.1, 0.15) is 28.8 Å². The van der Waals surface area contributed by atoms with Crippen LogP contribution in [0.2, 0.25) is 5.02 Å². The van der Waals surface area contributed by atoms with Crippen LogP contribution in [0.3, 0.4) is 0 Å². The van der Waals surface area contributed by atoms with E-state index in [0.29, 0.717) is 29.3 Å². The highest BCUT2D eigenvalue weighted by atomic mass is 35.5. The summed E-state index contributed by atoms with van der Waals surface area (Å²) in [5, 5.41) is 10.2. The molecule has 8 nitrogen and oxygen atoms in total. The Labute approximate surface area is 206 Å². The lowest BCUT2D eigenvalue weighted by Gasteiger charge is -2.24. The van der Waals surface area contributed by atoms with Gasteiger partial charge in [-0.05, 0) is 45.0 Å². The monoisotopic (exact) mass is 497 g/mol. The first-order valence-electron chi connectivity index (χ1n) is 11.0. The summed E-state index contributed by atoms with van der Waals surface area (Å²) in [5.41, 5.74) is 1.35. The molecule has 0 aliphatic carbocycles. The molecule has 0 unspecified atom stereocenters. The SMILES string of the molecule is Cc1cc(OCc2ccc(F)cn2)c(Cl)c(=O)n1C1=CC(c2ccnc(C(C)(C)O)n2)=NC[C@H]1C. The minimum Gasteiger partial charge on any atom is -0.485 e. The maximum absolute atomic E-state index is 13.3. The molecule has 1 aliphatic heterocycles. The summed E-state index contributed by atoms with van der Waals surface area (Å²) >= 11 is 6.41. The Morgan fingerprint density at radius 3 is 2.74 bits per heavy atom. The van der Waals surface area contributed by atoms with Gasteiger partial charge in [-0.25, -0.2) is 14.4 Å². The van der Waals surface area contributed by atoms with E-state index in [4.69, 9.17) is 16.3 Å². The predicted octanol–water partition coefficient (Wildman–Crippen LogP) is 3.92. The van der Waals surface area contributed by atoms with Gasteiger partial charge in [0.25, 0.3) is 5.56 Å². The number of dihydropyridines is 1. The van der Waals surface area contributed by atoms with E-state index in [1.807, 2.05) is 6.92 Å². The molecule has 3 aromatic heterocycles. The summed E-state index contributed by atoms with van der Waals surface area (Å²) in [6, 6.07) is 6.18. The summed E-state index contributed by atoms with van der Waals surface area (Å²) in [7, 11) is 0. The van der Waals surface area contributed by atoms with Gasteiger partial charge in [-0.3, -0.25) is 19.3 Å². The number of aryl methyl sites for hydroxylation is 1. The number of hydrogen-bond acceptors (Lipinski definition) is 7. The highest BCUT2D eigenvalue weighted by Crippen LogP contribution is 2.28. The van der Waals surface area contributed by atoms with E-state index >= 15 is 0 Å². The molecule has 0 amide bonds. The molecule has 0 fully saturated rings. The van der Waals surface area contributed by atoms with Gasteiger partial charge in [-0.1, -0.05) is 18.5 Å². The third kappa shape index (κ3) is 5.31. The lowest BCUT2D eigenvalue weighted by molar-refractivity contribution is 0.0686. The fourth-order valence-electron chi connectivity index (χ4n) is 3.64. The highest BCUT2D eigenvalue weighted by molar-refractivity contribution is 6.31. The van der Waals surface area contributed by atoms with Crippen LogP contribution in [0.4, 0.5) is 4.39 Å². The summed E-state index contributed by atoms with van der Waals surface area (Å²) in [5.74, 6) is -0.00168. The zero-order chi connectivity index (χ0) is 25.3. The summed E-state index contributed by atoms with van der Waals surface area (Å²) in [4.78, 5) is 30.4. The van der Waals surface area contributed by atoms with Gasteiger partial charge >= 0.3 is 0 Å². The van der Waals surface area contributed by atoms with E-state index in [-0.39, 0.29) is 29.1 Å². The van der Waals surface area contributed by atoms with Crippen LogP contribution in [0, 0.1) is 18.7 Å². The Morgan fingerprint density at radius 1 is 1.29 bits per heavy atom. The lowest BCUT2D eigenvalue weighted by atomic mass is 10.0. The fraction of sp³-hybridized carbons (Fsp3) is 0.320. The van der Waals surface area contributed by atoms with Gasteiger partial charge in [0.15, 0.2) is 5.82 Å². The Bertz CT molecular complexity index is 1380. The molecule has 1 N–H and O–H groups in total. The summed E-state index contributed by atoms with van der Waals surface area (Å²) < 4.78 is 20.3. The zero-order valence-electron chi connectivity index (χ0n) is 19.8. The molecule has 0 aromatic carbocycles. The van der Waals surface area contributed by atoms with E-state index in [1.54, 1.807) is 49.7 Å². The van der Waals surface area contributed by atoms with Crippen LogP contribution in [-0.2, 0) is 12.2 Å². The van der Waals surface area contributed by atoms with Crippen LogP contribution in [-0.4, -0.2) is 36.9 Å². The van der Waals surface area contributed by atoms with Crippen LogP contribution in [0.5, 0.6) is 5.75 Å². The fourth-order valence-corrected chi connectivity index (χ4v) is 3.84. The smallest absolute Gasteiger partial charge is 0.277 e. The number of halogens is 2. The third-order valence-electron chi connectivity index (χ3n) is 5.51. The third-order valence-corrected chi connectivity index (χ3v) is 5.86. The molecular weight excluding hydrogens is 473 g/mol. The van der Waals surface area contributed by atoms with Crippen LogP contribution >= 0.6 is 11.6 Å². The second kappa shape index (κ2) is 9.67. The Kier molecular flexibility index (Phi) is 6.82. The Morgan fingerprint density at radius 2 is 2.06 bits per heavy atom. The number of ether oxygens (including phenoxy) is 1. The quantitative estimate of drug-likeness (QED) is 0.553. The van der Waals surface area contributed by atoms with Gasteiger partial charge in [0.05, 0.1) is 23.3 Å². The largest absolute Gasteiger partial charge is 0.485 e. The Balaban J connectivity index is 1.67. The summed E-state index contributed by atoms with van der Waals surface area (Å²) in [6.45, 7) is 7.46. The van der Waals surface area contributed by atoms with Crippen molar-refractivity contribution in [2.75, 3.05) is 6.54 Å². The number of aliphatic hydroxyl groups is 1. The molecule has 4 rings (SSSR count). The molecule has 0 saturated carbocycles. The average molecular weight is 498 g/mol. The Hall–Kier alpha value is -3.43. The maximum atomic E-state index is 13.3. The first kappa shape index (κ1) is 24.7. The van der Waals surface area contributed by atoms with Crippen LogP contribution < -0.4 is 10.3 Å². The number of rotatable bonds is 6. The van der Waals surface area contributed by atoms with Crippen LogP contribution in [0.1, 0.15) is 43.7 Å². The van der Waals surface area contributed by atoms with Gasteiger partial charge in [0, 0.05) is 36.1 Å². The second-order valence-electron chi connectivity index (χ2n) is 8.88. The number of nitrogens with zero attached hydrogens (tertiary/aromatic N) is 5. The second-order valence-corrected chi connectivity index (χ2v) is 9.26. The molecule has 182 valence electrons. The van der Waals surface area contributed by atoms with E-state index < -0.39 is 17.0 Å². The lowest BCUT2D eigenvalue weighted by Crippen LogP contribution is -2.29. The van der Waals surface area contributed by atoms with Gasteiger partial charge < -0.3 is 9.84 Å². The minimum atomic E-state index is -1.20. The number of hydrogen-bond donors (Lipinski definition) is 1. The van der Waals surface area contributed by atoms with Crippen LogP contribution in [0.25, 0.3) is 5.70 Å². The number of allylic oxidation sites excluding steroid dienone is 1. The molecule has 4 heterocycles. The first-order chi connectivity index (χ1) is 16.5. The first-order valence-corrected chi connectivity index (χ1v) is 11.4. The molecular formula is C25H25ClFN5O3. The van der Waals surface area contributed by atoms with Crippen molar-refractivity contribution in [3.63, 3.8) is 0 Å². The van der Waals surface area contributed by atoms with Crippen molar-refractivity contribution in [3.8, 4) is 5.75 Å². The number of aliphatic imine (C=N–C) groups is 1. The van der Waals surface area contributed by atoms with Crippen LogP contribution in [0.15, 0.2) is 52.5 Å². The zero-order valence-corrected chi connectivity index (χ0v) is 20.5. The molecule has 1 atom stereocenters. The molecule has 0 radical (unpaired) electrons. The van der Waals surface area contributed by atoms with E-state index in [2.05, 4.69) is 19.9 Å².